The number of Topliss-reactive ketones (excluding diaryl/α,β-unsaturated/α-hetero) is 1. The van der Waals surface area contributed by atoms with Gasteiger partial charge in [-0.15, -0.1) is 0 Å². The van der Waals surface area contributed by atoms with Crippen LogP contribution in [0.1, 0.15) is 60.5 Å². The number of methoxy groups -OCH3 is 2. The van der Waals surface area contributed by atoms with Crippen LogP contribution in [0.5, 0.6) is 11.5 Å². The summed E-state index contributed by atoms with van der Waals surface area (Å²) in [7, 11) is -0.723. The number of carbonyl (C=O) groups is 1. The number of fused-ring (bicyclic) bond motifs is 1. The molecular formula is C23H27NO5S. The van der Waals surface area contributed by atoms with Crippen molar-refractivity contribution in [2.24, 2.45) is 0 Å². The van der Waals surface area contributed by atoms with Crippen LogP contribution in [-0.4, -0.2) is 38.8 Å². The molecule has 0 saturated heterocycles. The molecule has 2 aliphatic rings. The van der Waals surface area contributed by atoms with Crippen molar-refractivity contribution in [3.63, 3.8) is 0 Å². The Morgan fingerprint density at radius 3 is 2.27 bits per heavy atom. The van der Waals surface area contributed by atoms with Gasteiger partial charge < -0.3 is 9.47 Å². The van der Waals surface area contributed by atoms with Gasteiger partial charge in [-0.1, -0.05) is 49.6 Å². The van der Waals surface area contributed by atoms with E-state index in [4.69, 9.17) is 9.47 Å². The number of benzene rings is 2. The fourth-order valence-corrected chi connectivity index (χ4v) is 6.78. The topological polar surface area (TPSA) is 72.9 Å². The molecule has 30 heavy (non-hydrogen) atoms. The molecule has 1 aliphatic carbocycles. The van der Waals surface area contributed by atoms with Gasteiger partial charge in [-0.05, 0) is 24.5 Å². The van der Waals surface area contributed by atoms with Crippen molar-refractivity contribution in [2.45, 2.75) is 55.5 Å². The number of carbonyl (C=O) groups excluding carboxylic acids is 1. The van der Waals surface area contributed by atoms with Crippen LogP contribution in [0.15, 0.2) is 47.4 Å². The maximum atomic E-state index is 13.6. The van der Waals surface area contributed by atoms with E-state index >= 15 is 0 Å². The molecule has 0 amide bonds. The lowest BCUT2D eigenvalue weighted by atomic mass is 9.92. The van der Waals surface area contributed by atoms with Crippen LogP contribution in [0.4, 0.5) is 0 Å². The number of hydrogen-bond acceptors (Lipinski definition) is 5. The first kappa shape index (κ1) is 20.9. The molecule has 2 aromatic rings. The molecule has 1 heterocycles. The maximum absolute atomic E-state index is 13.6. The van der Waals surface area contributed by atoms with Crippen LogP contribution in [0.3, 0.4) is 0 Å². The molecular weight excluding hydrogens is 402 g/mol. The van der Waals surface area contributed by atoms with Gasteiger partial charge in [0.25, 0.3) is 0 Å². The summed E-state index contributed by atoms with van der Waals surface area (Å²) in [5.41, 5.74) is 1.20. The molecule has 4 rings (SSSR count). The molecule has 1 unspecified atom stereocenters. The number of ether oxygens (including phenoxy) is 2. The quantitative estimate of drug-likeness (QED) is 0.638. The summed E-state index contributed by atoms with van der Waals surface area (Å²) in [6.45, 7) is 0. The minimum Gasteiger partial charge on any atom is -0.493 e. The smallest absolute Gasteiger partial charge is 0.244 e. The Kier molecular flexibility index (Phi) is 5.84. The highest BCUT2D eigenvalue weighted by atomic mass is 32.2. The van der Waals surface area contributed by atoms with Crippen LogP contribution < -0.4 is 9.47 Å². The molecule has 0 radical (unpaired) electrons. The summed E-state index contributed by atoms with van der Waals surface area (Å²) < 4.78 is 39.6. The minimum atomic E-state index is -3.74. The molecule has 1 aliphatic heterocycles. The van der Waals surface area contributed by atoms with E-state index in [1.54, 1.807) is 22.5 Å². The van der Waals surface area contributed by atoms with Crippen LogP contribution >= 0.6 is 0 Å². The normalized spacial score (nSPS) is 21.2. The van der Waals surface area contributed by atoms with E-state index in [-0.39, 0.29) is 23.1 Å². The van der Waals surface area contributed by atoms with Crippen LogP contribution in [0, 0.1) is 0 Å². The Morgan fingerprint density at radius 2 is 1.63 bits per heavy atom. The Bertz CT molecular complexity index is 1030. The van der Waals surface area contributed by atoms with Crippen molar-refractivity contribution in [3.8, 4) is 11.5 Å². The largest absolute Gasteiger partial charge is 0.493 e. The molecule has 1 fully saturated rings. The molecule has 2 aromatic carbocycles. The predicted octanol–water partition coefficient (Wildman–Crippen LogP) is 4.35. The molecule has 0 N–H and O–H groups in total. The van der Waals surface area contributed by atoms with Crippen molar-refractivity contribution in [3.05, 3.63) is 53.6 Å². The summed E-state index contributed by atoms with van der Waals surface area (Å²) in [5.74, 6) is 0.770. The van der Waals surface area contributed by atoms with Crippen molar-refractivity contribution in [1.82, 2.24) is 4.31 Å². The predicted molar refractivity (Wildman–Crippen MR) is 114 cm³/mol. The summed E-state index contributed by atoms with van der Waals surface area (Å²) in [4.78, 5) is 13.3. The average Bonchev–Trinajstić information content (AvgIpc) is 2.99. The van der Waals surface area contributed by atoms with E-state index in [1.807, 2.05) is 18.2 Å². The minimum absolute atomic E-state index is 0.0701. The second-order valence-corrected chi connectivity index (χ2v) is 9.69. The van der Waals surface area contributed by atoms with Crippen LogP contribution in [-0.2, 0) is 10.0 Å². The number of nitrogens with zero attached hydrogens (tertiary/aromatic N) is 1. The third-order valence-electron chi connectivity index (χ3n) is 6.15. The number of rotatable bonds is 6. The molecule has 7 heteroatoms. The highest BCUT2D eigenvalue weighted by Crippen LogP contribution is 2.49. The monoisotopic (exact) mass is 429 g/mol. The molecule has 1 saturated carbocycles. The summed E-state index contributed by atoms with van der Waals surface area (Å²) in [6.07, 6.45) is 4.85. The van der Waals surface area contributed by atoms with Gasteiger partial charge in [-0.3, -0.25) is 4.79 Å². The van der Waals surface area contributed by atoms with Crippen LogP contribution in [0.25, 0.3) is 0 Å². The van der Waals surface area contributed by atoms with Crippen LogP contribution in [0.2, 0.25) is 0 Å². The fourth-order valence-electron chi connectivity index (χ4n) is 4.68. The fraction of sp³-hybridized carbons (Fsp3) is 0.435. The van der Waals surface area contributed by atoms with Gasteiger partial charge in [0.2, 0.25) is 10.0 Å². The third kappa shape index (κ3) is 3.61. The lowest BCUT2D eigenvalue weighted by molar-refractivity contribution is 0.0938. The lowest BCUT2D eigenvalue weighted by Gasteiger charge is -2.34. The molecule has 1 atom stereocenters. The Labute approximate surface area is 177 Å². The first-order valence-electron chi connectivity index (χ1n) is 10.3. The standard InChI is InChI=1S/C23H27NO5S/c1-28-21-13-18-19(14-20(25)16-9-5-3-6-10-16)24(17-11-7-4-8-12-17)30(26,27)23(18)15-22(21)29-2/h3,5-6,9-10,13,15,17,19H,4,7-8,11-12,14H2,1-2H3. The van der Waals surface area contributed by atoms with Gasteiger partial charge in [0.05, 0.1) is 25.2 Å². The van der Waals surface area contributed by atoms with E-state index in [9.17, 15) is 13.2 Å². The van der Waals surface area contributed by atoms with E-state index in [1.165, 1.54) is 20.3 Å². The van der Waals surface area contributed by atoms with Gasteiger partial charge in [-0.25, -0.2) is 8.42 Å². The first-order chi connectivity index (χ1) is 14.5. The highest BCUT2D eigenvalue weighted by molar-refractivity contribution is 7.89. The average molecular weight is 430 g/mol. The van der Waals surface area contributed by atoms with Gasteiger partial charge in [0.15, 0.2) is 17.3 Å². The highest BCUT2D eigenvalue weighted by Gasteiger charge is 2.47. The summed E-state index contributed by atoms with van der Waals surface area (Å²) in [6, 6.07) is 11.7. The summed E-state index contributed by atoms with van der Waals surface area (Å²) >= 11 is 0. The zero-order valence-electron chi connectivity index (χ0n) is 17.3. The van der Waals surface area contributed by atoms with E-state index < -0.39 is 16.1 Å². The zero-order chi connectivity index (χ0) is 21.3. The molecule has 0 bridgehead atoms. The molecule has 160 valence electrons. The summed E-state index contributed by atoms with van der Waals surface area (Å²) in [5, 5.41) is 0. The molecule has 0 aromatic heterocycles. The number of sulfonamides is 1. The van der Waals surface area contributed by atoms with E-state index in [0.717, 1.165) is 32.1 Å². The van der Waals surface area contributed by atoms with Crippen molar-refractivity contribution in [1.29, 1.82) is 0 Å². The number of ketones is 1. The SMILES string of the molecule is COc1cc2c(cc1OC)S(=O)(=O)N(C1CCCCC1)C2CC(=O)c1ccccc1. The van der Waals surface area contributed by atoms with Gasteiger partial charge in [0.1, 0.15) is 0 Å². The van der Waals surface area contributed by atoms with Gasteiger partial charge >= 0.3 is 0 Å². The van der Waals surface area contributed by atoms with Crippen molar-refractivity contribution < 1.29 is 22.7 Å². The van der Waals surface area contributed by atoms with Crippen molar-refractivity contribution >= 4 is 15.8 Å². The number of hydrogen-bond donors (Lipinski definition) is 0. The Hall–Kier alpha value is -2.38. The zero-order valence-corrected chi connectivity index (χ0v) is 18.2. The van der Waals surface area contributed by atoms with E-state index in [2.05, 4.69) is 0 Å². The Balaban J connectivity index is 1.80. The lowest BCUT2D eigenvalue weighted by Crippen LogP contribution is -2.40. The Morgan fingerprint density at radius 1 is 1.00 bits per heavy atom. The maximum Gasteiger partial charge on any atom is 0.244 e. The van der Waals surface area contributed by atoms with Crippen molar-refractivity contribution in [2.75, 3.05) is 14.2 Å². The second kappa shape index (κ2) is 8.40. The van der Waals surface area contributed by atoms with Gasteiger partial charge in [0, 0.05) is 24.1 Å². The van der Waals surface area contributed by atoms with E-state index in [0.29, 0.717) is 22.6 Å². The molecule has 6 nitrogen and oxygen atoms in total. The van der Waals surface area contributed by atoms with Gasteiger partial charge in [-0.2, -0.15) is 4.31 Å². The molecule has 0 spiro atoms. The first-order valence-corrected chi connectivity index (χ1v) is 11.8. The second-order valence-electron chi connectivity index (χ2n) is 7.88. The third-order valence-corrected chi connectivity index (χ3v) is 8.16.